The highest BCUT2D eigenvalue weighted by atomic mass is 32.2. The largest absolute Gasteiger partial charge is 0.339 e. The first-order valence-corrected chi connectivity index (χ1v) is 11.5. The van der Waals surface area contributed by atoms with Gasteiger partial charge in [0, 0.05) is 13.1 Å². The van der Waals surface area contributed by atoms with Gasteiger partial charge in [0.1, 0.15) is 11.9 Å². The lowest BCUT2D eigenvalue weighted by Gasteiger charge is -2.28. The molecule has 0 aromatic heterocycles. The number of hydrogen-bond acceptors (Lipinski definition) is 4. The van der Waals surface area contributed by atoms with Crippen LogP contribution in [0.4, 0.5) is 15.8 Å². The van der Waals surface area contributed by atoms with E-state index in [0.29, 0.717) is 18.7 Å². The highest BCUT2D eigenvalue weighted by molar-refractivity contribution is 7.92. The molecule has 2 amide bonds. The first-order chi connectivity index (χ1) is 14.2. The maximum atomic E-state index is 14.3. The molecule has 0 bridgehead atoms. The average molecular weight is 434 g/mol. The Kier molecular flexibility index (Phi) is 6.40. The molecule has 1 aliphatic rings. The number of likely N-dealkylation sites (tertiary alicyclic amines) is 1. The van der Waals surface area contributed by atoms with Crippen LogP contribution in [0.3, 0.4) is 0 Å². The number of carbonyl (C=O) groups excluding carboxylic acids is 2. The Bertz CT molecular complexity index is 1050. The third-order valence-corrected chi connectivity index (χ3v) is 6.21. The average Bonchev–Trinajstić information content (AvgIpc) is 3.23. The van der Waals surface area contributed by atoms with Gasteiger partial charge < -0.3 is 10.2 Å². The molecule has 0 radical (unpaired) electrons. The van der Waals surface area contributed by atoms with Crippen LogP contribution >= 0.6 is 0 Å². The number of nitrogens with one attached hydrogen (secondary N) is 1. The standard InChI is InChI=1S/C21H24FN3O4S/c1-15(25(30(2,28)29)19-12-6-4-10-17(19)22)20(26)23-18-11-5-3-9-16(18)21(27)24-13-7-8-14-24/h3-6,9-12,15H,7-8,13-14H2,1-2H3,(H,23,26)/t15-/m1/s1. The van der Waals surface area contributed by atoms with Crippen molar-refractivity contribution in [1.82, 2.24) is 4.90 Å². The zero-order valence-corrected chi connectivity index (χ0v) is 17.7. The number of hydrogen-bond donors (Lipinski definition) is 1. The lowest BCUT2D eigenvalue weighted by Crippen LogP contribution is -2.46. The molecule has 30 heavy (non-hydrogen) atoms. The Morgan fingerprint density at radius 2 is 1.67 bits per heavy atom. The Morgan fingerprint density at radius 3 is 2.30 bits per heavy atom. The van der Waals surface area contributed by atoms with Gasteiger partial charge in [0.2, 0.25) is 15.9 Å². The van der Waals surface area contributed by atoms with Crippen LogP contribution in [0, 0.1) is 5.82 Å². The van der Waals surface area contributed by atoms with E-state index in [1.165, 1.54) is 25.1 Å². The summed E-state index contributed by atoms with van der Waals surface area (Å²) in [5.74, 6) is -1.62. The Hall–Kier alpha value is -2.94. The van der Waals surface area contributed by atoms with Gasteiger partial charge in [-0.05, 0) is 44.0 Å². The molecule has 1 fully saturated rings. The molecule has 0 unspecified atom stereocenters. The van der Waals surface area contributed by atoms with Gasteiger partial charge in [-0.1, -0.05) is 24.3 Å². The Balaban J connectivity index is 1.88. The number of rotatable bonds is 6. The summed E-state index contributed by atoms with van der Waals surface area (Å²) in [6.07, 6.45) is 2.78. The molecule has 0 spiro atoms. The summed E-state index contributed by atoms with van der Waals surface area (Å²) < 4.78 is 39.7. The number of nitrogens with zero attached hydrogens (tertiary/aromatic N) is 2. The number of halogens is 1. The number of benzene rings is 2. The van der Waals surface area contributed by atoms with Crippen LogP contribution in [0.15, 0.2) is 48.5 Å². The van der Waals surface area contributed by atoms with E-state index in [-0.39, 0.29) is 17.3 Å². The molecule has 160 valence electrons. The van der Waals surface area contributed by atoms with Gasteiger partial charge in [-0.25, -0.2) is 12.8 Å². The predicted molar refractivity (Wildman–Crippen MR) is 113 cm³/mol. The second kappa shape index (κ2) is 8.83. The van der Waals surface area contributed by atoms with Crippen LogP contribution in [-0.2, 0) is 14.8 Å². The topological polar surface area (TPSA) is 86.8 Å². The van der Waals surface area contributed by atoms with Crippen LogP contribution in [0.5, 0.6) is 0 Å². The number of carbonyl (C=O) groups is 2. The molecule has 1 N–H and O–H groups in total. The van der Waals surface area contributed by atoms with Crippen molar-refractivity contribution in [2.45, 2.75) is 25.8 Å². The van der Waals surface area contributed by atoms with Crippen molar-refractivity contribution in [3.63, 3.8) is 0 Å². The molecule has 2 aromatic rings. The minimum absolute atomic E-state index is 0.190. The maximum Gasteiger partial charge on any atom is 0.255 e. The van der Waals surface area contributed by atoms with Crippen molar-refractivity contribution in [3.8, 4) is 0 Å². The predicted octanol–water partition coefficient (Wildman–Crippen LogP) is 2.85. The fourth-order valence-corrected chi connectivity index (χ4v) is 4.69. The van der Waals surface area contributed by atoms with Crippen molar-refractivity contribution >= 4 is 33.2 Å². The van der Waals surface area contributed by atoms with E-state index in [1.807, 2.05) is 0 Å². The number of amides is 2. The minimum atomic E-state index is -3.96. The first kappa shape index (κ1) is 21.8. The molecule has 1 atom stereocenters. The van der Waals surface area contributed by atoms with Crippen LogP contribution < -0.4 is 9.62 Å². The van der Waals surface area contributed by atoms with Gasteiger partial charge in [-0.2, -0.15) is 0 Å². The van der Waals surface area contributed by atoms with E-state index in [4.69, 9.17) is 0 Å². The van der Waals surface area contributed by atoms with E-state index >= 15 is 0 Å². The van der Waals surface area contributed by atoms with Gasteiger partial charge in [-0.3, -0.25) is 13.9 Å². The molecule has 9 heteroatoms. The highest BCUT2D eigenvalue weighted by Gasteiger charge is 2.32. The summed E-state index contributed by atoms with van der Waals surface area (Å²) in [7, 11) is -3.96. The molecule has 0 aliphatic carbocycles. The monoisotopic (exact) mass is 433 g/mol. The second-order valence-corrected chi connectivity index (χ2v) is 9.08. The maximum absolute atomic E-state index is 14.3. The van der Waals surface area contributed by atoms with E-state index in [1.54, 1.807) is 29.2 Å². The molecular weight excluding hydrogens is 409 g/mol. The van der Waals surface area contributed by atoms with Crippen LogP contribution in [0.2, 0.25) is 0 Å². The van der Waals surface area contributed by atoms with Crippen LogP contribution in [0.1, 0.15) is 30.1 Å². The van der Waals surface area contributed by atoms with Crippen molar-refractivity contribution in [2.75, 3.05) is 29.0 Å². The van der Waals surface area contributed by atoms with Crippen molar-refractivity contribution < 1.29 is 22.4 Å². The van der Waals surface area contributed by atoms with Gasteiger partial charge in [0.25, 0.3) is 5.91 Å². The molecule has 3 rings (SSSR count). The summed E-state index contributed by atoms with van der Waals surface area (Å²) in [6, 6.07) is 10.7. The zero-order chi connectivity index (χ0) is 21.9. The molecule has 0 saturated carbocycles. The molecule has 1 saturated heterocycles. The molecule has 2 aromatic carbocycles. The zero-order valence-electron chi connectivity index (χ0n) is 16.8. The summed E-state index contributed by atoms with van der Waals surface area (Å²) in [6.45, 7) is 2.69. The lowest BCUT2D eigenvalue weighted by molar-refractivity contribution is -0.116. The first-order valence-electron chi connectivity index (χ1n) is 9.63. The summed E-state index contributed by atoms with van der Waals surface area (Å²) >= 11 is 0. The van der Waals surface area contributed by atoms with E-state index in [9.17, 15) is 22.4 Å². The fraction of sp³-hybridized carbons (Fsp3) is 0.333. The molecular formula is C21H24FN3O4S. The molecule has 7 nitrogen and oxygen atoms in total. The summed E-state index contributed by atoms with van der Waals surface area (Å²) in [4.78, 5) is 27.4. The van der Waals surface area contributed by atoms with E-state index in [0.717, 1.165) is 29.5 Å². The van der Waals surface area contributed by atoms with Crippen molar-refractivity contribution in [2.24, 2.45) is 0 Å². The summed E-state index contributed by atoms with van der Waals surface area (Å²) in [5.41, 5.74) is 0.397. The number of anilines is 2. The summed E-state index contributed by atoms with van der Waals surface area (Å²) in [5, 5.41) is 2.64. The van der Waals surface area contributed by atoms with E-state index in [2.05, 4.69) is 5.32 Å². The Labute approximate surface area is 175 Å². The van der Waals surface area contributed by atoms with Gasteiger partial charge in [0.05, 0.1) is 23.2 Å². The van der Waals surface area contributed by atoms with E-state index < -0.39 is 27.8 Å². The van der Waals surface area contributed by atoms with Crippen molar-refractivity contribution in [3.05, 3.63) is 59.9 Å². The van der Waals surface area contributed by atoms with Crippen molar-refractivity contribution in [1.29, 1.82) is 0 Å². The molecule has 1 heterocycles. The third kappa shape index (κ3) is 4.62. The minimum Gasteiger partial charge on any atom is -0.339 e. The number of para-hydroxylation sites is 2. The van der Waals surface area contributed by atoms with Crippen LogP contribution in [0.25, 0.3) is 0 Å². The highest BCUT2D eigenvalue weighted by Crippen LogP contribution is 2.26. The molecule has 1 aliphatic heterocycles. The van der Waals surface area contributed by atoms with Gasteiger partial charge >= 0.3 is 0 Å². The van der Waals surface area contributed by atoms with Crippen LogP contribution in [-0.4, -0.2) is 50.5 Å². The van der Waals surface area contributed by atoms with Gasteiger partial charge in [0.15, 0.2) is 0 Å². The second-order valence-electron chi connectivity index (χ2n) is 7.22. The Morgan fingerprint density at radius 1 is 1.07 bits per heavy atom. The lowest BCUT2D eigenvalue weighted by atomic mass is 10.1. The third-order valence-electron chi connectivity index (χ3n) is 4.99. The SMILES string of the molecule is C[C@H](C(=O)Nc1ccccc1C(=O)N1CCCC1)N(c1ccccc1F)S(C)(=O)=O. The quantitative estimate of drug-likeness (QED) is 0.759. The normalized spacial score (nSPS) is 15.0. The van der Waals surface area contributed by atoms with Gasteiger partial charge in [-0.15, -0.1) is 0 Å². The smallest absolute Gasteiger partial charge is 0.255 e. The fourth-order valence-electron chi connectivity index (χ4n) is 3.52. The number of sulfonamides is 1.